The van der Waals surface area contributed by atoms with E-state index >= 15 is 0 Å². The van der Waals surface area contributed by atoms with Crippen LogP contribution in [0.4, 0.5) is 4.79 Å². The second-order valence-corrected chi connectivity index (χ2v) is 8.68. The van der Waals surface area contributed by atoms with Gasteiger partial charge in [0.2, 0.25) is 5.91 Å². The van der Waals surface area contributed by atoms with Crippen LogP contribution in [0.1, 0.15) is 47.1 Å². The molecule has 9 nitrogen and oxygen atoms in total. The lowest BCUT2D eigenvalue weighted by Gasteiger charge is -2.29. The Balaban J connectivity index is 2.53. The number of rotatable bonds is 9. The van der Waals surface area contributed by atoms with Gasteiger partial charge in [0.15, 0.2) is 5.96 Å². The first-order chi connectivity index (χ1) is 14.4. The minimum absolute atomic E-state index is 0.0224. The summed E-state index contributed by atoms with van der Waals surface area (Å²) in [6, 6.07) is 7.49. The first-order valence-electron chi connectivity index (χ1n) is 10.4. The van der Waals surface area contributed by atoms with Gasteiger partial charge in [-0.2, -0.15) is 0 Å². The standard InChI is InChI=1S/C22H37N5O4/c1-8-23-19(26-15-22(5,6)27-20(29)31-21(2,3)4)25-14-18(28)24-13-16-9-11-17(30-7)12-10-16/h9-12H,8,13-15H2,1-7H3,(H,24,28)(H,27,29)(H2,23,25,26). The zero-order valence-corrected chi connectivity index (χ0v) is 19.7. The maximum atomic E-state index is 12.2. The van der Waals surface area contributed by atoms with Crippen LogP contribution in [-0.2, 0) is 16.1 Å². The lowest BCUT2D eigenvalue weighted by molar-refractivity contribution is -0.119. The highest BCUT2D eigenvalue weighted by Crippen LogP contribution is 2.11. The highest BCUT2D eigenvalue weighted by atomic mass is 16.6. The molecule has 0 saturated carbocycles. The molecule has 1 aromatic carbocycles. The number of ether oxygens (including phenoxy) is 2. The number of benzene rings is 1. The number of carbonyl (C=O) groups excluding carboxylic acids is 2. The second kappa shape index (κ2) is 12.0. The Labute approximate surface area is 185 Å². The largest absolute Gasteiger partial charge is 0.497 e. The molecule has 31 heavy (non-hydrogen) atoms. The highest BCUT2D eigenvalue weighted by molar-refractivity contribution is 5.85. The molecule has 0 radical (unpaired) electrons. The van der Waals surface area contributed by atoms with E-state index in [1.54, 1.807) is 7.11 Å². The monoisotopic (exact) mass is 435 g/mol. The van der Waals surface area contributed by atoms with Crippen LogP contribution in [0.25, 0.3) is 0 Å². The topological polar surface area (TPSA) is 113 Å². The average Bonchev–Trinajstić information content (AvgIpc) is 2.67. The van der Waals surface area contributed by atoms with E-state index in [-0.39, 0.29) is 12.5 Å². The van der Waals surface area contributed by atoms with Gasteiger partial charge in [-0.1, -0.05) is 12.1 Å². The number of nitrogens with zero attached hydrogens (tertiary/aromatic N) is 1. The van der Waals surface area contributed by atoms with Crippen molar-refractivity contribution >= 4 is 18.0 Å². The van der Waals surface area contributed by atoms with E-state index in [9.17, 15) is 9.59 Å². The normalized spacial score (nSPS) is 12.0. The number of hydrogen-bond donors (Lipinski definition) is 4. The molecule has 174 valence electrons. The molecule has 2 amide bonds. The number of carbonyl (C=O) groups is 2. The number of hydrogen-bond acceptors (Lipinski definition) is 5. The molecule has 0 aromatic heterocycles. The van der Waals surface area contributed by atoms with Gasteiger partial charge >= 0.3 is 6.09 Å². The molecule has 1 aromatic rings. The van der Waals surface area contributed by atoms with Crippen LogP contribution in [0, 0.1) is 0 Å². The van der Waals surface area contributed by atoms with Gasteiger partial charge in [-0.15, -0.1) is 0 Å². The Morgan fingerprint density at radius 2 is 1.65 bits per heavy atom. The fourth-order valence-electron chi connectivity index (χ4n) is 2.42. The minimum atomic E-state index is -0.588. The third-order valence-electron chi connectivity index (χ3n) is 3.91. The molecule has 0 saturated heterocycles. The summed E-state index contributed by atoms with van der Waals surface area (Å²) in [4.78, 5) is 28.5. The Bertz CT molecular complexity index is 739. The molecule has 0 fully saturated rings. The quantitative estimate of drug-likeness (QED) is 0.349. The smallest absolute Gasteiger partial charge is 0.408 e. The average molecular weight is 436 g/mol. The van der Waals surface area contributed by atoms with Gasteiger partial charge < -0.3 is 30.7 Å². The van der Waals surface area contributed by atoms with Crippen LogP contribution in [0.15, 0.2) is 29.3 Å². The van der Waals surface area contributed by atoms with Crippen LogP contribution in [0.5, 0.6) is 5.75 Å². The Morgan fingerprint density at radius 3 is 2.19 bits per heavy atom. The predicted octanol–water partition coefficient (Wildman–Crippen LogP) is 2.17. The van der Waals surface area contributed by atoms with Gasteiger partial charge in [0.25, 0.3) is 0 Å². The van der Waals surface area contributed by atoms with Crippen molar-refractivity contribution in [2.45, 2.75) is 59.2 Å². The summed E-state index contributed by atoms with van der Waals surface area (Å²) >= 11 is 0. The van der Waals surface area contributed by atoms with E-state index in [1.165, 1.54) is 0 Å². The summed E-state index contributed by atoms with van der Waals surface area (Å²) < 4.78 is 10.4. The number of amides is 2. The molecule has 0 spiro atoms. The van der Waals surface area contributed by atoms with Crippen molar-refractivity contribution in [1.29, 1.82) is 0 Å². The van der Waals surface area contributed by atoms with Crippen molar-refractivity contribution in [3.63, 3.8) is 0 Å². The molecule has 9 heteroatoms. The summed E-state index contributed by atoms with van der Waals surface area (Å²) in [7, 11) is 1.61. The maximum Gasteiger partial charge on any atom is 0.408 e. The molecular formula is C22H37N5O4. The number of aliphatic imine (C=N–C) groups is 1. The molecule has 0 atom stereocenters. The van der Waals surface area contributed by atoms with E-state index in [2.05, 4.69) is 26.3 Å². The lowest BCUT2D eigenvalue weighted by Crippen LogP contribution is -2.54. The van der Waals surface area contributed by atoms with Gasteiger partial charge in [0.05, 0.1) is 12.6 Å². The van der Waals surface area contributed by atoms with Gasteiger partial charge in [-0.05, 0) is 59.2 Å². The third kappa shape index (κ3) is 11.7. The second-order valence-electron chi connectivity index (χ2n) is 8.68. The molecule has 0 unspecified atom stereocenters. The number of guanidine groups is 1. The van der Waals surface area contributed by atoms with E-state index in [4.69, 9.17) is 9.47 Å². The molecule has 1 rings (SSSR count). The van der Waals surface area contributed by atoms with E-state index in [1.807, 2.05) is 65.8 Å². The van der Waals surface area contributed by atoms with Crippen LogP contribution < -0.4 is 26.0 Å². The fourth-order valence-corrected chi connectivity index (χ4v) is 2.42. The molecule has 0 heterocycles. The summed E-state index contributed by atoms with van der Waals surface area (Å²) in [5.41, 5.74) is -0.184. The van der Waals surface area contributed by atoms with Gasteiger partial charge in [-0.25, -0.2) is 9.79 Å². The van der Waals surface area contributed by atoms with Crippen molar-refractivity contribution in [1.82, 2.24) is 21.3 Å². The van der Waals surface area contributed by atoms with E-state index in [0.29, 0.717) is 25.6 Å². The Kier molecular flexibility index (Phi) is 10.1. The first kappa shape index (κ1) is 26.1. The maximum absolute atomic E-state index is 12.2. The summed E-state index contributed by atoms with van der Waals surface area (Å²) in [6.45, 7) is 12.5. The van der Waals surface area contributed by atoms with Crippen molar-refractivity contribution in [3.8, 4) is 5.75 Å². The minimum Gasteiger partial charge on any atom is -0.497 e. The van der Waals surface area contributed by atoms with Crippen molar-refractivity contribution in [2.24, 2.45) is 4.99 Å². The zero-order valence-electron chi connectivity index (χ0n) is 19.7. The molecule has 0 aliphatic carbocycles. The summed E-state index contributed by atoms with van der Waals surface area (Å²) in [5, 5.41) is 11.9. The van der Waals surface area contributed by atoms with Crippen LogP contribution in [0.2, 0.25) is 0 Å². The number of alkyl carbamates (subject to hydrolysis) is 1. The van der Waals surface area contributed by atoms with Crippen molar-refractivity contribution in [3.05, 3.63) is 29.8 Å². The molecule has 0 bridgehead atoms. The predicted molar refractivity (Wildman–Crippen MR) is 122 cm³/mol. The van der Waals surface area contributed by atoms with Crippen LogP contribution in [-0.4, -0.2) is 55.8 Å². The molecule has 4 N–H and O–H groups in total. The zero-order chi connectivity index (χ0) is 23.5. The van der Waals surface area contributed by atoms with E-state index < -0.39 is 17.2 Å². The number of methoxy groups -OCH3 is 1. The van der Waals surface area contributed by atoms with Crippen LogP contribution >= 0.6 is 0 Å². The first-order valence-corrected chi connectivity index (χ1v) is 10.4. The lowest BCUT2D eigenvalue weighted by atomic mass is 10.1. The molecule has 0 aliphatic heterocycles. The summed E-state index contributed by atoms with van der Waals surface area (Å²) in [6.07, 6.45) is -0.487. The Hall–Kier alpha value is -2.97. The third-order valence-corrected chi connectivity index (χ3v) is 3.91. The number of nitrogens with one attached hydrogen (secondary N) is 4. The van der Waals surface area contributed by atoms with Crippen molar-refractivity contribution < 1.29 is 19.1 Å². The SMILES string of the molecule is CCNC(=NCC(=O)NCc1ccc(OC)cc1)NCC(C)(C)NC(=O)OC(C)(C)C. The Morgan fingerprint density at radius 1 is 1.00 bits per heavy atom. The van der Waals surface area contributed by atoms with Crippen molar-refractivity contribution in [2.75, 3.05) is 26.7 Å². The van der Waals surface area contributed by atoms with Gasteiger partial charge in [0, 0.05) is 19.6 Å². The van der Waals surface area contributed by atoms with Gasteiger partial charge in [-0.3, -0.25) is 4.79 Å². The molecular weight excluding hydrogens is 398 g/mol. The molecule has 0 aliphatic rings. The van der Waals surface area contributed by atoms with Crippen LogP contribution in [0.3, 0.4) is 0 Å². The van der Waals surface area contributed by atoms with E-state index in [0.717, 1.165) is 11.3 Å². The summed E-state index contributed by atoms with van der Waals surface area (Å²) in [5.74, 6) is 1.06. The highest BCUT2D eigenvalue weighted by Gasteiger charge is 2.24. The fraction of sp³-hybridized carbons (Fsp3) is 0.591. The van der Waals surface area contributed by atoms with Gasteiger partial charge in [0.1, 0.15) is 17.9 Å².